The number of nitrogens with zero attached hydrogens (tertiary/aromatic N) is 2. The average Bonchev–Trinajstić information content (AvgIpc) is 3.95. The van der Waals surface area contributed by atoms with Gasteiger partial charge >= 0.3 is 0 Å². The van der Waals surface area contributed by atoms with Crippen LogP contribution in [0.25, 0.3) is 75.9 Å². The summed E-state index contributed by atoms with van der Waals surface area (Å²) in [7, 11) is 0. The highest BCUT2D eigenvalue weighted by molar-refractivity contribution is 7.26. The minimum atomic E-state index is -0.0402. The Morgan fingerprint density at radius 3 is 2.51 bits per heavy atom. The van der Waals surface area contributed by atoms with Crippen molar-refractivity contribution in [2.45, 2.75) is 31.6 Å². The second-order valence-corrected chi connectivity index (χ2v) is 16.5. The zero-order valence-electron chi connectivity index (χ0n) is 31.2. The van der Waals surface area contributed by atoms with E-state index in [4.69, 9.17) is 9.41 Å². The molecule has 9 aromatic rings. The fourth-order valence-electron chi connectivity index (χ4n) is 9.31. The normalized spacial score (nSPS) is 19.2. The number of para-hydroxylation sites is 1. The number of allylic oxidation sites excluding steroid dienone is 4. The first-order valence-corrected chi connectivity index (χ1v) is 20.8. The summed E-state index contributed by atoms with van der Waals surface area (Å²) in [5.41, 5.74) is 11.6. The Labute approximate surface area is 334 Å². The van der Waals surface area contributed by atoms with Gasteiger partial charge in [0, 0.05) is 70.8 Å². The highest BCUT2D eigenvalue weighted by Crippen LogP contribution is 2.43. The van der Waals surface area contributed by atoms with Crippen LogP contribution in [0.1, 0.15) is 41.4 Å². The number of thiophene rings is 1. The topological polar surface area (TPSA) is 54.5 Å². The molecule has 0 bridgehead atoms. The molecule has 57 heavy (non-hydrogen) atoms. The van der Waals surface area contributed by atoms with Gasteiger partial charge in [-0.05, 0) is 84.5 Å². The number of furan rings is 1. The van der Waals surface area contributed by atoms with E-state index >= 15 is 0 Å². The first kappa shape index (κ1) is 32.7. The second-order valence-electron chi connectivity index (χ2n) is 15.4. The molecule has 3 atom stereocenters. The summed E-state index contributed by atoms with van der Waals surface area (Å²) in [5.74, 6) is 1.22. The summed E-state index contributed by atoms with van der Waals surface area (Å²) < 4.78 is 11.6. The molecule has 0 saturated carbocycles. The van der Waals surface area contributed by atoms with Crippen LogP contribution in [0.15, 0.2) is 167 Å². The Bertz CT molecular complexity index is 3190. The molecule has 2 aliphatic carbocycles. The minimum Gasteiger partial charge on any atom is -0.456 e. The van der Waals surface area contributed by atoms with Crippen LogP contribution in [0.5, 0.6) is 0 Å². The molecule has 0 spiro atoms. The van der Waals surface area contributed by atoms with Crippen LogP contribution in [0.2, 0.25) is 0 Å². The van der Waals surface area contributed by atoms with E-state index in [1.807, 2.05) is 11.3 Å². The zero-order chi connectivity index (χ0) is 37.5. The van der Waals surface area contributed by atoms with Gasteiger partial charge in [0.2, 0.25) is 0 Å². The highest BCUT2D eigenvalue weighted by atomic mass is 32.1. The fraction of sp³-hybridized carbons (Fsp3) is 0.118. The Hall–Kier alpha value is -6.47. The van der Waals surface area contributed by atoms with Gasteiger partial charge in [-0.25, -0.2) is 4.99 Å². The van der Waals surface area contributed by atoms with Crippen molar-refractivity contribution in [1.29, 1.82) is 0 Å². The maximum Gasteiger partial charge on any atom is 0.137 e. The molecule has 3 aromatic heterocycles. The van der Waals surface area contributed by atoms with Gasteiger partial charge in [-0.3, -0.25) is 5.32 Å². The lowest BCUT2D eigenvalue weighted by atomic mass is 9.96. The third kappa shape index (κ3) is 5.36. The molecular formula is C51H38N4OS. The summed E-state index contributed by atoms with van der Waals surface area (Å²) in [6, 6.07) is 46.3. The SMILES string of the molecule is C1=CCC(C2N=C(c3ccc4sc5c(-c6ccc7oc8cc(-n9c%10c(c%11ccccc%119)C=CCC%10)ccc8c7c6)cccc5c4c3)NC(c3ccccc3)N2)C=C1. The standard InChI is InChI=1S/C51H38N4OS/c1-3-12-31(13-4-1)49-52-50(32-14-5-2-6-15-32)54-51(53-49)34-23-27-47-42(29-34)40-19-11-18-36(48(40)57-47)33-22-26-45-41(28-33)39-25-24-35(30-46(39)56-45)55-43-20-9-7-16-37(43)38-17-8-10-21-44(38)55/h1-9,11-14,16-20,22-30,32,49-50,52H,10,15,21H2,(H,53,54). The predicted octanol–water partition coefficient (Wildman–Crippen LogP) is 12.6. The summed E-state index contributed by atoms with van der Waals surface area (Å²) in [6.45, 7) is 0. The van der Waals surface area contributed by atoms with Crippen LogP contribution in [0, 0.1) is 5.92 Å². The van der Waals surface area contributed by atoms with E-state index in [2.05, 4.69) is 179 Å². The lowest BCUT2D eigenvalue weighted by Crippen LogP contribution is -2.50. The number of benzene rings is 6. The maximum absolute atomic E-state index is 6.57. The van der Waals surface area contributed by atoms with Crippen LogP contribution in [0.3, 0.4) is 0 Å². The largest absolute Gasteiger partial charge is 0.456 e. The van der Waals surface area contributed by atoms with E-state index in [1.54, 1.807) is 0 Å². The summed E-state index contributed by atoms with van der Waals surface area (Å²) in [4.78, 5) is 5.29. The molecule has 3 aliphatic rings. The quantitative estimate of drug-likeness (QED) is 0.184. The van der Waals surface area contributed by atoms with E-state index in [-0.39, 0.29) is 12.3 Å². The molecule has 3 unspecified atom stereocenters. The number of hydrogen-bond acceptors (Lipinski definition) is 5. The van der Waals surface area contributed by atoms with Crippen molar-refractivity contribution in [1.82, 2.24) is 15.2 Å². The number of rotatable bonds is 5. The molecule has 12 rings (SSSR count). The predicted molar refractivity (Wildman–Crippen MR) is 238 cm³/mol. The molecule has 0 fully saturated rings. The van der Waals surface area contributed by atoms with Crippen LogP contribution in [-0.4, -0.2) is 16.6 Å². The minimum absolute atomic E-state index is 0.0359. The van der Waals surface area contributed by atoms with Crippen LogP contribution < -0.4 is 10.6 Å². The Balaban J connectivity index is 0.925. The molecule has 2 N–H and O–H groups in total. The van der Waals surface area contributed by atoms with Gasteiger partial charge in [0.05, 0.1) is 5.52 Å². The van der Waals surface area contributed by atoms with Gasteiger partial charge in [-0.1, -0.05) is 109 Å². The molecule has 1 aliphatic heterocycles. The molecule has 0 amide bonds. The summed E-state index contributed by atoms with van der Waals surface area (Å²) >= 11 is 1.86. The van der Waals surface area contributed by atoms with E-state index in [0.717, 1.165) is 58.3 Å². The van der Waals surface area contributed by atoms with E-state index in [1.165, 1.54) is 59.0 Å². The van der Waals surface area contributed by atoms with Crippen LogP contribution >= 0.6 is 11.3 Å². The van der Waals surface area contributed by atoms with Gasteiger partial charge in [0.1, 0.15) is 29.3 Å². The fourth-order valence-corrected chi connectivity index (χ4v) is 10.5. The Kier molecular flexibility index (Phi) is 7.50. The number of aromatic nitrogens is 1. The molecule has 4 heterocycles. The molecule has 5 nitrogen and oxygen atoms in total. The van der Waals surface area contributed by atoms with Crippen molar-refractivity contribution in [3.8, 4) is 16.8 Å². The third-order valence-electron chi connectivity index (χ3n) is 12.1. The van der Waals surface area contributed by atoms with Crippen molar-refractivity contribution in [2.75, 3.05) is 0 Å². The van der Waals surface area contributed by atoms with Gasteiger partial charge < -0.3 is 14.3 Å². The van der Waals surface area contributed by atoms with E-state index < -0.39 is 0 Å². The highest BCUT2D eigenvalue weighted by Gasteiger charge is 2.29. The zero-order valence-corrected chi connectivity index (χ0v) is 32.0. The smallest absolute Gasteiger partial charge is 0.137 e. The second kappa shape index (κ2) is 13.1. The number of aliphatic imine (C=N–C) groups is 1. The first-order chi connectivity index (χ1) is 28.2. The van der Waals surface area contributed by atoms with Crippen LogP contribution in [0.4, 0.5) is 0 Å². The van der Waals surface area contributed by atoms with Gasteiger partial charge in [0.25, 0.3) is 0 Å². The van der Waals surface area contributed by atoms with Crippen molar-refractivity contribution >= 4 is 76.3 Å². The number of hydrogen-bond donors (Lipinski definition) is 2. The lowest BCUT2D eigenvalue weighted by Gasteiger charge is -2.35. The van der Waals surface area contributed by atoms with Crippen LogP contribution in [-0.2, 0) is 6.42 Å². The maximum atomic E-state index is 6.57. The number of nitrogens with one attached hydrogen (secondary N) is 2. The monoisotopic (exact) mass is 754 g/mol. The van der Waals surface area contributed by atoms with Gasteiger partial charge in [-0.15, -0.1) is 11.3 Å². The number of amidine groups is 1. The van der Waals surface area contributed by atoms with Crippen molar-refractivity contribution in [3.05, 3.63) is 180 Å². The van der Waals surface area contributed by atoms with Crippen molar-refractivity contribution in [2.24, 2.45) is 10.9 Å². The molecule has 0 saturated heterocycles. The van der Waals surface area contributed by atoms with E-state index in [0.29, 0.717) is 5.92 Å². The van der Waals surface area contributed by atoms with Gasteiger partial charge in [0.15, 0.2) is 0 Å². The van der Waals surface area contributed by atoms with Crippen molar-refractivity contribution < 1.29 is 4.42 Å². The number of fused-ring (bicyclic) bond motifs is 9. The summed E-state index contributed by atoms with van der Waals surface area (Å²) in [5, 5.41) is 13.6. The Morgan fingerprint density at radius 1 is 0.702 bits per heavy atom. The van der Waals surface area contributed by atoms with Gasteiger partial charge in [-0.2, -0.15) is 0 Å². The van der Waals surface area contributed by atoms with Crippen molar-refractivity contribution in [3.63, 3.8) is 0 Å². The first-order valence-electron chi connectivity index (χ1n) is 19.9. The Morgan fingerprint density at radius 2 is 1.58 bits per heavy atom. The lowest BCUT2D eigenvalue weighted by molar-refractivity contribution is 0.339. The summed E-state index contributed by atoms with van der Waals surface area (Å²) in [6.07, 6.45) is 16.3. The molecule has 274 valence electrons. The molecule has 6 heteroatoms. The molecule has 0 radical (unpaired) electrons. The average molecular weight is 755 g/mol. The molecular weight excluding hydrogens is 717 g/mol. The molecule has 6 aromatic carbocycles. The third-order valence-corrected chi connectivity index (χ3v) is 13.3. The van der Waals surface area contributed by atoms with E-state index in [9.17, 15) is 0 Å².